The predicted molar refractivity (Wildman–Crippen MR) is 209 cm³/mol. The molecule has 6 aromatic carbocycles. The lowest BCUT2D eigenvalue weighted by Gasteiger charge is -2.09. The van der Waals surface area contributed by atoms with E-state index in [1.54, 1.807) is 12.2 Å². The number of hydrogen-bond donors (Lipinski definition) is 0. The molecule has 0 aliphatic heterocycles. The summed E-state index contributed by atoms with van der Waals surface area (Å²) in [5, 5.41) is 13.6. The van der Waals surface area contributed by atoms with E-state index >= 15 is 0 Å². The van der Waals surface area contributed by atoms with Crippen molar-refractivity contribution in [2.45, 2.75) is 13.8 Å². The Hall–Kier alpha value is -6.52. The molecule has 0 saturated carbocycles. The molecule has 0 aliphatic carbocycles. The topological polar surface area (TPSA) is 43.3 Å². The molecule has 9 aromatic rings. The molecule has 0 N–H and O–H groups in total. The van der Waals surface area contributed by atoms with Crippen LogP contribution in [0, 0.1) is 13.8 Å². The van der Waals surface area contributed by atoms with E-state index in [2.05, 4.69) is 169 Å². The summed E-state index contributed by atoms with van der Waals surface area (Å²) in [7, 11) is 0. The van der Waals surface area contributed by atoms with E-state index in [4.69, 9.17) is 4.42 Å². The molecule has 0 fully saturated rings. The van der Waals surface area contributed by atoms with E-state index in [1.807, 2.05) is 12.1 Å². The molecular weight excluding hydrogens is 611 g/mol. The smallest absolute Gasteiger partial charge is 0.168 e. The van der Waals surface area contributed by atoms with Crippen molar-refractivity contribution < 1.29 is 4.42 Å². The molecule has 0 bridgehead atoms. The highest BCUT2D eigenvalue weighted by Crippen LogP contribution is 2.41. The van der Waals surface area contributed by atoms with Gasteiger partial charge in [-0.25, -0.2) is 0 Å². The first-order chi connectivity index (χ1) is 24.5. The molecule has 0 atom stereocenters. The van der Waals surface area contributed by atoms with Crippen molar-refractivity contribution in [2.75, 3.05) is 0 Å². The first-order valence-corrected chi connectivity index (χ1v) is 16.7. The lowest BCUT2D eigenvalue weighted by molar-refractivity contribution is 0.670. The minimum Gasteiger partial charge on any atom is -0.455 e. The van der Waals surface area contributed by atoms with Gasteiger partial charge in [-0.3, -0.25) is 4.40 Å². The van der Waals surface area contributed by atoms with Crippen LogP contribution in [-0.4, -0.2) is 14.6 Å². The third kappa shape index (κ3) is 5.57. The first-order valence-electron chi connectivity index (χ1n) is 16.7. The number of aromatic nitrogens is 3. The van der Waals surface area contributed by atoms with E-state index < -0.39 is 0 Å². The van der Waals surface area contributed by atoms with Crippen molar-refractivity contribution in [2.24, 2.45) is 0 Å². The summed E-state index contributed by atoms with van der Waals surface area (Å²) in [6.45, 7) is 11.0. The number of fused-ring (bicyclic) bond motifs is 6. The zero-order valence-electron chi connectivity index (χ0n) is 28.1. The highest BCUT2D eigenvalue weighted by Gasteiger charge is 2.17. The Morgan fingerprint density at radius 1 is 0.540 bits per heavy atom. The van der Waals surface area contributed by atoms with Gasteiger partial charge >= 0.3 is 0 Å². The van der Waals surface area contributed by atoms with Crippen LogP contribution < -0.4 is 0 Å². The number of benzene rings is 6. The monoisotopic (exact) mass is 645 g/mol. The van der Waals surface area contributed by atoms with E-state index in [-0.39, 0.29) is 0 Å². The summed E-state index contributed by atoms with van der Waals surface area (Å²) < 4.78 is 8.70. The maximum atomic E-state index is 6.63. The molecular formula is C46H35N3O. The van der Waals surface area contributed by atoms with Crippen molar-refractivity contribution in [3.05, 3.63) is 176 Å². The van der Waals surface area contributed by atoms with E-state index in [0.29, 0.717) is 0 Å². The predicted octanol–water partition coefficient (Wildman–Crippen LogP) is 12.4. The second-order valence-corrected chi connectivity index (χ2v) is 12.6. The Morgan fingerprint density at radius 3 is 1.84 bits per heavy atom. The summed E-state index contributed by atoms with van der Waals surface area (Å²) in [5.41, 5.74) is 13.0. The molecule has 0 amide bonds. The highest BCUT2D eigenvalue weighted by atomic mass is 16.3. The summed E-state index contributed by atoms with van der Waals surface area (Å²) >= 11 is 0. The summed E-state index contributed by atoms with van der Waals surface area (Å²) in [4.78, 5) is 0. The Kier molecular flexibility index (Phi) is 7.90. The molecule has 3 heterocycles. The second kappa shape index (κ2) is 12.8. The second-order valence-electron chi connectivity index (χ2n) is 12.6. The SMILES string of the molecule is C=CC=C.Cc1ccc(-c2ccc3oc4c(-c5ccc(-c6nnc7c8ccccc8ccn67)cc5)cc(-c5ccc(C)cc5)cc4c3c2)cc1. The van der Waals surface area contributed by atoms with Crippen LogP contribution >= 0.6 is 0 Å². The molecule has 0 unspecified atom stereocenters. The minimum absolute atomic E-state index is 0.818. The zero-order chi connectivity index (χ0) is 34.2. The largest absolute Gasteiger partial charge is 0.455 e. The van der Waals surface area contributed by atoms with Crippen LogP contribution in [0.15, 0.2) is 169 Å². The fraction of sp³-hybridized carbons (Fsp3) is 0.0435. The van der Waals surface area contributed by atoms with Crippen molar-refractivity contribution in [1.29, 1.82) is 0 Å². The Balaban J connectivity index is 0.000000859. The van der Waals surface area contributed by atoms with Crippen LogP contribution in [0.25, 0.3) is 83.1 Å². The maximum absolute atomic E-state index is 6.63. The summed E-state index contributed by atoms with van der Waals surface area (Å²) in [6.07, 6.45) is 5.33. The fourth-order valence-electron chi connectivity index (χ4n) is 6.54. The Bertz CT molecular complexity index is 2670. The zero-order valence-corrected chi connectivity index (χ0v) is 28.1. The molecule has 50 heavy (non-hydrogen) atoms. The molecule has 0 spiro atoms. The van der Waals surface area contributed by atoms with Gasteiger partial charge in [-0.05, 0) is 77.4 Å². The van der Waals surface area contributed by atoms with Gasteiger partial charge in [-0.2, -0.15) is 0 Å². The maximum Gasteiger partial charge on any atom is 0.168 e. The lowest BCUT2D eigenvalue weighted by Crippen LogP contribution is -1.90. The van der Waals surface area contributed by atoms with Crippen molar-refractivity contribution in [3.8, 4) is 44.8 Å². The molecule has 4 nitrogen and oxygen atoms in total. The number of hydrogen-bond acceptors (Lipinski definition) is 3. The van der Waals surface area contributed by atoms with Crippen molar-refractivity contribution in [1.82, 2.24) is 14.6 Å². The number of pyridine rings is 1. The van der Waals surface area contributed by atoms with Crippen LogP contribution in [0.3, 0.4) is 0 Å². The number of rotatable bonds is 5. The van der Waals surface area contributed by atoms with Gasteiger partial charge in [-0.1, -0.05) is 140 Å². The van der Waals surface area contributed by atoms with Crippen LogP contribution in [0.5, 0.6) is 0 Å². The Labute approximate surface area is 291 Å². The van der Waals surface area contributed by atoms with Crippen LogP contribution in [-0.2, 0) is 0 Å². The quantitative estimate of drug-likeness (QED) is 0.175. The lowest BCUT2D eigenvalue weighted by atomic mass is 9.94. The number of aryl methyl sites for hydroxylation is 2. The molecule has 3 aromatic heterocycles. The normalized spacial score (nSPS) is 11.2. The molecule has 0 saturated heterocycles. The summed E-state index contributed by atoms with van der Waals surface area (Å²) in [6, 6.07) is 47.4. The highest BCUT2D eigenvalue weighted by molar-refractivity contribution is 6.12. The van der Waals surface area contributed by atoms with E-state index in [9.17, 15) is 0 Å². The molecule has 9 rings (SSSR count). The van der Waals surface area contributed by atoms with Gasteiger partial charge < -0.3 is 4.42 Å². The average molecular weight is 646 g/mol. The molecule has 0 radical (unpaired) electrons. The number of furan rings is 1. The standard InChI is InChI=1S/C42H29N3O.C4H6/c1-26-7-11-28(12-8-26)33-19-20-39-37(23-33)38-25-34(29-13-9-27(2)10-14-29)24-36(40(38)46-39)31-15-17-32(18-16-31)41-43-44-42-35-6-4-3-5-30(35)21-22-45(41)42;1-3-4-2/h3-25H,1-2H3;3-4H,1-2H2. The van der Waals surface area contributed by atoms with Gasteiger partial charge in [0.1, 0.15) is 11.2 Å². The summed E-state index contributed by atoms with van der Waals surface area (Å²) in [5.74, 6) is 0.818. The van der Waals surface area contributed by atoms with E-state index in [0.717, 1.165) is 66.4 Å². The van der Waals surface area contributed by atoms with E-state index in [1.165, 1.54) is 27.8 Å². The van der Waals surface area contributed by atoms with Gasteiger partial charge in [0.15, 0.2) is 11.5 Å². The Morgan fingerprint density at radius 2 is 1.14 bits per heavy atom. The van der Waals surface area contributed by atoms with Crippen LogP contribution in [0.1, 0.15) is 11.1 Å². The fourth-order valence-corrected chi connectivity index (χ4v) is 6.54. The molecule has 4 heteroatoms. The molecule has 0 aliphatic rings. The third-order valence-corrected chi connectivity index (χ3v) is 9.26. The van der Waals surface area contributed by atoms with Crippen molar-refractivity contribution in [3.63, 3.8) is 0 Å². The van der Waals surface area contributed by atoms with Crippen molar-refractivity contribution >= 4 is 38.4 Å². The first kappa shape index (κ1) is 30.8. The number of allylic oxidation sites excluding steroid dienone is 2. The van der Waals surface area contributed by atoms with Gasteiger partial charge in [-0.15, -0.1) is 10.2 Å². The van der Waals surface area contributed by atoms with Gasteiger partial charge in [0.05, 0.1) is 0 Å². The average Bonchev–Trinajstić information content (AvgIpc) is 3.77. The third-order valence-electron chi connectivity index (χ3n) is 9.26. The van der Waals surface area contributed by atoms with Gasteiger partial charge in [0, 0.05) is 33.5 Å². The van der Waals surface area contributed by atoms with Gasteiger partial charge in [0.2, 0.25) is 0 Å². The van der Waals surface area contributed by atoms with Crippen LogP contribution in [0.4, 0.5) is 0 Å². The minimum atomic E-state index is 0.818. The molecule has 240 valence electrons. The number of nitrogens with zero attached hydrogens (tertiary/aromatic N) is 3. The van der Waals surface area contributed by atoms with Gasteiger partial charge in [0.25, 0.3) is 0 Å². The van der Waals surface area contributed by atoms with Crippen LogP contribution in [0.2, 0.25) is 0 Å².